The third-order valence-electron chi connectivity index (χ3n) is 3.63. The molecule has 1 aliphatic rings. The monoisotopic (exact) mass is 234 g/mol. The SMILES string of the molecule is OCC(Cc1ccccc1)CC1CCOCC1. The Hall–Kier alpha value is -0.860. The van der Waals surface area contributed by atoms with Crippen molar-refractivity contribution in [1.29, 1.82) is 0 Å². The average molecular weight is 234 g/mol. The number of aliphatic hydroxyl groups excluding tert-OH is 1. The van der Waals surface area contributed by atoms with Gasteiger partial charge in [0, 0.05) is 19.8 Å². The van der Waals surface area contributed by atoms with Crippen LogP contribution in [0.25, 0.3) is 0 Å². The first-order chi connectivity index (χ1) is 8.38. The van der Waals surface area contributed by atoms with Crippen LogP contribution in [0.5, 0.6) is 0 Å². The number of hydrogen-bond acceptors (Lipinski definition) is 2. The van der Waals surface area contributed by atoms with E-state index >= 15 is 0 Å². The van der Waals surface area contributed by atoms with E-state index in [1.807, 2.05) is 6.07 Å². The van der Waals surface area contributed by atoms with Crippen LogP contribution in [0.3, 0.4) is 0 Å². The van der Waals surface area contributed by atoms with Gasteiger partial charge in [-0.3, -0.25) is 0 Å². The number of ether oxygens (including phenoxy) is 1. The van der Waals surface area contributed by atoms with Crippen molar-refractivity contribution < 1.29 is 9.84 Å². The Morgan fingerprint density at radius 1 is 1.18 bits per heavy atom. The molecule has 1 heterocycles. The Bertz CT molecular complexity index is 304. The van der Waals surface area contributed by atoms with Gasteiger partial charge in [-0.2, -0.15) is 0 Å². The second-order valence-corrected chi connectivity index (χ2v) is 5.03. The van der Waals surface area contributed by atoms with Crippen LogP contribution in [-0.2, 0) is 11.2 Å². The van der Waals surface area contributed by atoms with E-state index < -0.39 is 0 Å². The molecule has 0 bridgehead atoms. The van der Waals surface area contributed by atoms with Gasteiger partial charge in [-0.15, -0.1) is 0 Å². The Morgan fingerprint density at radius 3 is 2.53 bits per heavy atom. The maximum atomic E-state index is 9.49. The quantitative estimate of drug-likeness (QED) is 0.848. The standard InChI is InChI=1S/C15H22O2/c16-12-15(10-13-4-2-1-3-5-13)11-14-6-8-17-9-7-14/h1-5,14-16H,6-12H2. The summed E-state index contributed by atoms with van der Waals surface area (Å²) in [5.41, 5.74) is 1.33. The van der Waals surface area contributed by atoms with E-state index in [1.54, 1.807) is 0 Å². The maximum absolute atomic E-state index is 9.49. The summed E-state index contributed by atoms with van der Waals surface area (Å²) < 4.78 is 5.37. The molecule has 94 valence electrons. The van der Waals surface area contributed by atoms with Crippen LogP contribution in [0.15, 0.2) is 30.3 Å². The lowest BCUT2D eigenvalue weighted by Gasteiger charge is -2.25. The molecule has 0 aliphatic carbocycles. The zero-order chi connectivity index (χ0) is 11.9. The molecular weight excluding hydrogens is 212 g/mol. The molecule has 17 heavy (non-hydrogen) atoms. The van der Waals surface area contributed by atoms with Crippen LogP contribution >= 0.6 is 0 Å². The van der Waals surface area contributed by atoms with Crippen LogP contribution in [0.1, 0.15) is 24.8 Å². The summed E-state index contributed by atoms with van der Waals surface area (Å²) in [5, 5.41) is 9.49. The summed E-state index contributed by atoms with van der Waals surface area (Å²) in [4.78, 5) is 0. The molecular formula is C15H22O2. The van der Waals surface area contributed by atoms with Gasteiger partial charge in [0.25, 0.3) is 0 Å². The van der Waals surface area contributed by atoms with Crippen molar-refractivity contribution in [3.63, 3.8) is 0 Å². The van der Waals surface area contributed by atoms with Crippen LogP contribution in [0.2, 0.25) is 0 Å². The van der Waals surface area contributed by atoms with Gasteiger partial charge < -0.3 is 9.84 Å². The molecule has 0 aromatic heterocycles. The molecule has 1 aromatic rings. The van der Waals surface area contributed by atoms with Crippen LogP contribution < -0.4 is 0 Å². The lowest BCUT2D eigenvalue weighted by Crippen LogP contribution is -2.21. The molecule has 1 fully saturated rings. The van der Waals surface area contributed by atoms with Crippen molar-refractivity contribution >= 4 is 0 Å². The van der Waals surface area contributed by atoms with E-state index in [4.69, 9.17) is 4.74 Å². The highest BCUT2D eigenvalue weighted by atomic mass is 16.5. The van der Waals surface area contributed by atoms with Gasteiger partial charge in [-0.25, -0.2) is 0 Å². The number of benzene rings is 1. The summed E-state index contributed by atoms with van der Waals surface area (Å²) in [6, 6.07) is 10.5. The summed E-state index contributed by atoms with van der Waals surface area (Å²) >= 11 is 0. The van der Waals surface area contributed by atoms with Crippen LogP contribution in [0.4, 0.5) is 0 Å². The van der Waals surface area contributed by atoms with Gasteiger partial charge in [0.05, 0.1) is 0 Å². The van der Waals surface area contributed by atoms with Crippen LogP contribution in [-0.4, -0.2) is 24.9 Å². The van der Waals surface area contributed by atoms with Gasteiger partial charge in [0.15, 0.2) is 0 Å². The minimum atomic E-state index is 0.298. The Labute approximate surface area is 104 Å². The molecule has 1 aliphatic heterocycles. The highest BCUT2D eigenvalue weighted by molar-refractivity contribution is 5.15. The molecule has 0 radical (unpaired) electrons. The zero-order valence-corrected chi connectivity index (χ0v) is 10.3. The predicted octanol–water partition coefficient (Wildman–Crippen LogP) is 2.65. The molecule has 1 atom stereocenters. The van der Waals surface area contributed by atoms with Gasteiger partial charge >= 0.3 is 0 Å². The summed E-state index contributed by atoms with van der Waals surface area (Å²) in [5.74, 6) is 1.14. The lowest BCUT2D eigenvalue weighted by molar-refractivity contribution is 0.0540. The second kappa shape index (κ2) is 6.77. The molecule has 2 heteroatoms. The van der Waals surface area contributed by atoms with Crippen molar-refractivity contribution in [2.75, 3.05) is 19.8 Å². The minimum absolute atomic E-state index is 0.298. The fourth-order valence-electron chi connectivity index (χ4n) is 2.62. The predicted molar refractivity (Wildman–Crippen MR) is 68.9 cm³/mol. The molecule has 2 rings (SSSR count). The first-order valence-corrected chi connectivity index (χ1v) is 6.61. The Morgan fingerprint density at radius 2 is 1.88 bits per heavy atom. The molecule has 1 saturated heterocycles. The maximum Gasteiger partial charge on any atom is 0.0468 e. The van der Waals surface area contributed by atoms with E-state index in [0.717, 1.165) is 44.8 Å². The minimum Gasteiger partial charge on any atom is -0.396 e. The second-order valence-electron chi connectivity index (χ2n) is 5.03. The zero-order valence-electron chi connectivity index (χ0n) is 10.3. The fourth-order valence-corrected chi connectivity index (χ4v) is 2.62. The number of rotatable bonds is 5. The molecule has 0 spiro atoms. The first-order valence-electron chi connectivity index (χ1n) is 6.61. The summed E-state index contributed by atoms with van der Waals surface area (Å²) in [7, 11) is 0. The van der Waals surface area contributed by atoms with Gasteiger partial charge in [0.2, 0.25) is 0 Å². The van der Waals surface area contributed by atoms with Crippen molar-refractivity contribution in [3.05, 3.63) is 35.9 Å². The lowest BCUT2D eigenvalue weighted by atomic mass is 9.86. The van der Waals surface area contributed by atoms with E-state index in [0.29, 0.717) is 12.5 Å². The highest BCUT2D eigenvalue weighted by Gasteiger charge is 2.19. The van der Waals surface area contributed by atoms with Crippen LogP contribution in [0, 0.1) is 11.8 Å². The smallest absolute Gasteiger partial charge is 0.0468 e. The van der Waals surface area contributed by atoms with Crippen molar-refractivity contribution in [2.45, 2.75) is 25.7 Å². The summed E-state index contributed by atoms with van der Waals surface area (Å²) in [6.45, 7) is 2.09. The van der Waals surface area contributed by atoms with Crippen molar-refractivity contribution in [3.8, 4) is 0 Å². The third-order valence-corrected chi connectivity index (χ3v) is 3.63. The Balaban J connectivity index is 1.83. The highest BCUT2D eigenvalue weighted by Crippen LogP contribution is 2.24. The van der Waals surface area contributed by atoms with Crippen molar-refractivity contribution in [2.24, 2.45) is 11.8 Å². The first kappa shape index (κ1) is 12.6. The molecule has 1 N–H and O–H groups in total. The normalized spacial score (nSPS) is 19.1. The molecule has 0 amide bonds. The number of aliphatic hydroxyl groups is 1. The van der Waals surface area contributed by atoms with E-state index in [9.17, 15) is 5.11 Å². The average Bonchev–Trinajstić information content (AvgIpc) is 2.40. The summed E-state index contributed by atoms with van der Waals surface area (Å²) in [6.07, 6.45) is 4.44. The van der Waals surface area contributed by atoms with E-state index in [2.05, 4.69) is 24.3 Å². The topological polar surface area (TPSA) is 29.5 Å². The molecule has 1 aromatic carbocycles. The molecule has 1 unspecified atom stereocenters. The number of hydrogen-bond donors (Lipinski definition) is 1. The largest absolute Gasteiger partial charge is 0.396 e. The fraction of sp³-hybridized carbons (Fsp3) is 0.600. The molecule has 0 saturated carbocycles. The van der Waals surface area contributed by atoms with E-state index in [1.165, 1.54) is 5.56 Å². The van der Waals surface area contributed by atoms with Gasteiger partial charge in [-0.1, -0.05) is 30.3 Å². The van der Waals surface area contributed by atoms with Gasteiger partial charge in [-0.05, 0) is 43.1 Å². The van der Waals surface area contributed by atoms with Crippen molar-refractivity contribution in [1.82, 2.24) is 0 Å². The van der Waals surface area contributed by atoms with Gasteiger partial charge in [0.1, 0.15) is 0 Å². The van der Waals surface area contributed by atoms with E-state index in [-0.39, 0.29) is 0 Å². The Kier molecular flexibility index (Phi) is 5.02. The third kappa shape index (κ3) is 4.14. The molecule has 2 nitrogen and oxygen atoms in total.